The molecule has 0 aromatic heterocycles. The largest absolute Gasteiger partial charge is 0.469 e. The number of carbonyl (C=O) groups is 1. The molecule has 104 valence electrons. The van der Waals surface area contributed by atoms with Crippen LogP contribution in [0.5, 0.6) is 0 Å². The highest BCUT2D eigenvalue weighted by Gasteiger charge is 2.22. The van der Waals surface area contributed by atoms with Gasteiger partial charge in [0.15, 0.2) is 0 Å². The van der Waals surface area contributed by atoms with Gasteiger partial charge in [-0.15, -0.1) is 0 Å². The first-order valence-corrected chi connectivity index (χ1v) is 7.12. The summed E-state index contributed by atoms with van der Waals surface area (Å²) in [6.45, 7) is 2.20. The highest BCUT2D eigenvalue weighted by Crippen LogP contribution is 2.31. The van der Waals surface area contributed by atoms with E-state index in [2.05, 4.69) is 17.4 Å². The Hall–Kier alpha value is -1.35. The number of hydrogen-bond acceptors (Lipinski definition) is 3. The Labute approximate surface area is 115 Å². The predicted octanol–water partition coefficient (Wildman–Crippen LogP) is 2.72. The lowest BCUT2D eigenvalue weighted by molar-refractivity contribution is -0.141. The van der Waals surface area contributed by atoms with Crippen LogP contribution in [-0.2, 0) is 9.53 Å². The van der Waals surface area contributed by atoms with Crippen LogP contribution >= 0.6 is 0 Å². The van der Waals surface area contributed by atoms with Crippen molar-refractivity contribution in [2.75, 3.05) is 20.2 Å². The van der Waals surface area contributed by atoms with Crippen molar-refractivity contribution in [2.45, 2.75) is 31.6 Å². The molecule has 0 saturated carbocycles. The van der Waals surface area contributed by atoms with Crippen LogP contribution in [0.1, 0.15) is 37.2 Å². The molecule has 1 aliphatic heterocycles. The average molecular weight is 261 g/mol. The minimum absolute atomic E-state index is 0.109. The number of piperidine rings is 1. The van der Waals surface area contributed by atoms with Crippen molar-refractivity contribution < 1.29 is 9.53 Å². The maximum Gasteiger partial charge on any atom is 0.306 e. The molecule has 1 unspecified atom stereocenters. The zero-order valence-electron chi connectivity index (χ0n) is 11.6. The number of nitrogens with one attached hydrogen (secondary N) is 1. The number of carbonyl (C=O) groups excluding carboxylic acids is 1. The molecule has 1 fully saturated rings. The van der Waals surface area contributed by atoms with Gasteiger partial charge in [0.05, 0.1) is 13.5 Å². The van der Waals surface area contributed by atoms with Crippen LogP contribution in [0.3, 0.4) is 0 Å². The zero-order chi connectivity index (χ0) is 13.5. The third-order valence-electron chi connectivity index (χ3n) is 3.99. The molecule has 0 radical (unpaired) electrons. The molecule has 1 heterocycles. The quantitative estimate of drug-likeness (QED) is 0.828. The van der Waals surface area contributed by atoms with Gasteiger partial charge in [-0.05, 0) is 49.8 Å². The molecule has 3 nitrogen and oxygen atoms in total. The Balaban J connectivity index is 2.03. The van der Waals surface area contributed by atoms with Crippen molar-refractivity contribution in [2.24, 2.45) is 5.92 Å². The fourth-order valence-corrected chi connectivity index (χ4v) is 2.87. The molecule has 3 heteroatoms. The van der Waals surface area contributed by atoms with Crippen LogP contribution < -0.4 is 5.32 Å². The van der Waals surface area contributed by atoms with Crippen LogP contribution in [-0.4, -0.2) is 26.2 Å². The predicted molar refractivity (Wildman–Crippen MR) is 76.0 cm³/mol. The van der Waals surface area contributed by atoms with Crippen LogP contribution in [0, 0.1) is 5.92 Å². The van der Waals surface area contributed by atoms with E-state index in [1.54, 1.807) is 0 Å². The van der Waals surface area contributed by atoms with Gasteiger partial charge in [0, 0.05) is 0 Å². The molecular weight excluding hydrogens is 238 g/mol. The first-order chi connectivity index (χ1) is 9.29. The molecule has 1 saturated heterocycles. The lowest BCUT2D eigenvalue weighted by atomic mass is 9.82. The van der Waals surface area contributed by atoms with Gasteiger partial charge in [-0.3, -0.25) is 4.79 Å². The van der Waals surface area contributed by atoms with Crippen LogP contribution in [0.4, 0.5) is 0 Å². The molecule has 1 aliphatic rings. The third kappa shape index (κ3) is 4.35. The minimum atomic E-state index is -0.109. The Morgan fingerprint density at radius 2 is 2.00 bits per heavy atom. The number of benzene rings is 1. The summed E-state index contributed by atoms with van der Waals surface area (Å²) in [5, 5.41) is 3.39. The molecule has 1 aromatic carbocycles. The fourth-order valence-electron chi connectivity index (χ4n) is 2.87. The van der Waals surface area contributed by atoms with Gasteiger partial charge in [0.1, 0.15) is 0 Å². The van der Waals surface area contributed by atoms with Gasteiger partial charge in [-0.2, -0.15) is 0 Å². The molecular formula is C16H23NO2. The van der Waals surface area contributed by atoms with Gasteiger partial charge in [0.2, 0.25) is 0 Å². The lowest BCUT2D eigenvalue weighted by Crippen LogP contribution is -2.28. The summed E-state index contributed by atoms with van der Waals surface area (Å²) in [5.74, 6) is 0.899. The SMILES string of the molecule is COC(=O)CC(CC1CCNCC1)c1ccccc1. The summed E-state index contributed by atoms with van der Waals surface area (Å²) in [6.07, 6.45) is 4.00. The van der Waals surface area contributed by atoms with Gasteiger partial charge in [-0.25, -0.2) is 0 Å². The van der Waals surface area contributed by atoms with Gasteiger partial charge < -0.3 is 10.1 Å². The van der Waals surface area contributed by atoms with E-state index in [4.69, 9.17) is 4.74 Å². The zero-order valence-corrected chi connectivity index (χ0v) is 11.6. The summed E-state index contributed by atoms with van der Waals surface area (Å²) in [7, 11) is 1.47. The van der Waals surface area contributed by atoms with E-state index in [-0.39, 0.29) is 11.9 Å². The second-order valence-corrected chi connectivity index (χ2v) is 5.32. The maximum atomic E-state index is 11.6. The van der Waals surface area contributed by atoms with Crippen LogP contribution in [0.2, 0.25) is 0 Å². The van der Waals surface area contributed by atoms with Crippen molar-refractivity contribution in [3.63, 3.8) is 0 Å². The van der Waals surface area contributed by atoms with Crippen molar-refractivity contribution in [1.29, 1.82) is 0 Å². The molecule has 0 bridgehead atoms. The maximum absolute atomic E-state index is 11.6. The van der Waals surface area contributed by atoms with E-state index < -0.39 is 0 Å². The smallest absolute Gasteiger partial charge is 0.306 e. The topological polar surface area (TPSA) is 38.3 Å². The Kier molecular flexibility index (Phi) is 5.40. The van der Waals surface area contributed by atoms with Crippen molar-refractivity contribution >= 4 is 5.97 Å². The normalized spacial score (nSPS) is 17.9. The van der Waals surface area contributed by atoms with E-state index in [9.17, 15) is 4.79 Å². The van der Waals surface area contributed by atoms with Crippen molar-refractivity contribution in [1.82, 2.24) is 5.32 Å². The number of rotatable bonds is 5. The minimum Gasteiger partial charge on any atom is -0.469 e. The summed E-state index contributed by atoms with van der Waals surface area (Å²) >= 11 is 0. The van der Waals surface area contributed by atoms with Gasteiger partial charge in [0.25, 0.3) is 0 Å². The average Bonchev–Trinajstić information content (AvgIpc) is 2.48. The number of methoxy groups -OCH3 is 1. The second-order valence-electron chi connectivity index (χ2n) is 5.32. The summed E-state index contributed by atoms with van der Waals surface area (Å²) in [4.78, 5) is 11.6. The number of hydrogen-bond donors (Lipinski definition) is 1. The van der Waals surface area contributed by atoms with Crippen LogP contribution in [0.15, 0.2) is 30.3 Å². The van der Waals surface area contributed by atoms with Crippen LogP contribution in [0.25, 0.3) is 0 Å². The van der Waals surface area contributed by atoms with Gasteiger partial charge >= 0.3 is 5.97 Å². The highest BCUT2D eigenvalue weighted by molar-refractivity contribution is 5.70. The van der Waals surface area contributed by atoms with Crippen molar-refractivity contribution in [3.8, 4) is 0 Å². The molecule has 1 atom stereocenters. The van der Waals surface area contributed by atoms with E-state index >= 15 is 0 Å². The molecule has 2 rings (SSSR count). The standard InChI is InChI=1S/C16H23NO2/c1-19-16(18)12-15(14-5-3-2-4-6-14)11-13-7-9-17-10-8-13/h2-6,13,15,17H,7-12H2,1H3. The molecule has 1 aromatic rings. The summed E-state index contributed by atoms with van der Waals surface area (Å²) in [5.41, 5.74) is 1.26. The molecule has 0 spiro atoms. The fraction of sp³-hybridized carbons (Fsp3) is 0.562. The number of ether oxygens (including phenoxy) is 1. The van der Waals surface area contributed by atoms with Crippen molar-refractivity contribution in [3.05, 3.63) is 35.9 Å². The van der Waals surface area contributed by atoms with E-state index in [0.717, 1.165) is 25.4 Å². The Morgan fingerprint density at radius 1 is 1.32 bits per heavy atom. The van der Waals surface area contributed by atoms with E-state index in [1.165, 1.54) is 25.5 Å². The molecule has 1 N–H and O–H groups in total. The van der Waals surface area contributed by atoms with Gasteiger partial charge in [-0.1, -0.05) is 30.3 Å². The third-order valence-corrected chi connectivity index (χ3v) is 3.99. The summed E-state index contributed by atoms with van der Waals surface area (Å²) < 4.78 is 4.84. The second kappa shape index (κ2) is 7.29. The Bertz CT molecular complexity index is 385. The van der Waals surface area contributed by atoms with E-state index in [0.29, 0.717) is 6.42 Å². The molecule has 0 aliphatic carbocycles. The first kappa shape index (κ1) is 14.1. The Morgan fingerprint density at radius 3 is 2.63 bits per heavy atom. The lowest BCUT2D eigenvalue weighted by Gasteiger charge is -2.27. The van der Waals surface area contributed by atoms with E-state index in [1.807, 2.05) is 18.2 Å². The first-order valence-electron chi connectivity index (χ1n) is 7.12. The molecule has 19 heavy (non-hydrogen) atoms. The highest BCUT2D eigenvalue weighted by atomic mass is 16.5. The monoisotopic (exact) mass is 261 g/mol. The molecule has 0 amide bonds. The number of esters is 1. The summed E-state index contributed by atoms with van der Waals surface area (Å²) in [6, 6.07) is 10.3.